The normalized spacial score (nSPS) is 18.1. The van der Waals surface area contributed by atoms with Gasteiger partial charge in [0.05, 0.1) is 38.0 Å². The van der Waals surface area contributed by atoms with Crippen LogP contribution in [-0.2, 0) is 46.3 Å². The predicted octanol–water partition coefficient (Wildman–Crippen LogP) is 1.79. The molecule has 5 atom stereocenters. The molecule has 0 radical (unpaired) electrons. The summed E-state index contributed by atoms with van der Waals surface area (Å²) in [4.78, 5) is 48.7. The average molecular weight is 1020 g/mol. The Labute approximate surface area is 432 Å². The summed E-state index contributed by atoms with van der Waals surface area (Å²) in [6.07, 6.45) is 2.90. The Morgan fingerprint density at radius 2 is 1.58 bits per heavy atom. The smallest absolute Gasteiger partial charge is 0.726 e. The minimum Gasteiger partial charge on any atom is -0.726 e. The summed E-state index contributed by atoms with van der Waals surface area (Å²) in [5.74, 6) is -1.19. The largest absolute Gasteiger partial charge is 1.00 e. The van der Waals surface area contributed by atoms with Gasteiger partial charge in [0, 0.05) is 55.1 Å². The molecule has 2 saturated heterocycles. The van der Waals surface area contributed by atoms with Crippen molar-refractivity contribution in [2.45, 2.75) is 70.1 Å². The molecule has 71 heavy (non-hydrogen) atoms. The number of nitrogens with zero attached hydrogens (tertiary/aromatic N) is 9. The number of halogens is 2. The second-order valence-corrected chi connectivity index (χ2v) is 17.9. The number of ether oxygens (including phenoxy) is 5. The molecule has 0 amide bonds. The van der Waals surface area contributed by atoms with Crippen molar-refractivity contribution >= 4 is 33.9 Å². The van der Waals surface area contributed by atoms with Gasteiger partial charge in [-0.15, -0.1) is 0 Å². The molecule has 2 aliphatic rings. The van der Waals surface area contributed by atoms with Gasteiger partial charge in [-0.25, -0.2) is 45.7 Å². The molecule has 3 aromatic carbocycles. The Morgan fingerprint density at radius 3 is 2.14 bits per heavy atom. The van der Waals surface area contributed by atoms with Crippen LogP contribution in [0.2, 0.25) is 0 Å². The maximum Gasteiger partial charge on any atom is 1.00 e. The number of carbonyl (C=O) groups excluding carboxylic acids is 2. The Bertz CT molecular complexity index is 2650. The van der Waals surface area contributed by atoms with Crippen molar-refractivity contribution < 1.29 is 89.1 Å². The molecule has 2 aromatic heterocycles. The van der Waals surface area contributed by atoms with E-state index in [0.29, 0.717) is 43.9 Å². The number of piperazine rings is 1. The number of aromatic nitrogens is 6. The third-order valence-corrected chi connectivity index (χ3v) is 11.6. The summed E-state index contributed by atoms with van der Waals surface area (Å²) in [5.41, 5.74) is 1.58. The molecule has 0 aliphatic carbocycles. The molecule has 2 fully saturated rings. The van der Waals surface area contributed by atoms with Crippen molar-refractivity contribution in [3.8, 4) is 11.4 Å². The van der Waals surface area contributed by atoms with Gasteiger partial charge in [-0.1, -0.05) is 13.0 Å². The van der Waals surface area contributed by atoms with E-state index in [0.717, 1.165) is 43.6 Å². The maximum atomic E-state index is 15.0. The summed E-state index contributed by atoms with van der Waals surface area (Å²) < 4.78 is 94.5. The van der Waals surface area contributed by atoms with Crippen LogP contribution in [-0.4, -0.2) is 136 Å². The summed E-state index contributed by atoms with van der Waals surface area (Å²) in [6, 6.07) is 18.7. The minimum atomic E-state index is -4.92. The number of rotatable bonds is 19. The van der Waals surface area contributed by atoms with E-state index in [9.17, 15) is 18.8 Å². The van der Waals surface area contributed by atoms with Gasteiger partial charge < -0.3 is 45.0 Å². The standard InChI is InChI=1S/C46H56F2N9O8.Na.H2O4S/c1-6-8-43(64-42(58)25-52(4)5)65-45(60)63-32(3)41(7-2)57-44(59)56(31-51-57)37-12-10-35(11-13-37)53-19-21-54(22-20-53)36-14-16-38(17-15-36)61-26-33-24-46(62-27-33,28-55-30-49-29-50-55)39-18-9-34(47)23-40(39)48;;1-5(2,3)4/h9-18,23,29-33,41,43H,1,6-8,19-22,24-28H2,2-5H3;;(H2,1,2,3,4)/q-1;+1;/p-1/t32?,33-,41+,43?,46+;;/m1../s1. The molecule has 4 heterocycles. The molecule has 2 unspecified atom stereocenters. The molecule has 2 aliphatic heterocycles. The van der Waals surface area contributed by atoms with Crippen molar-refractivity contribution in [3.63, 3.8) is 0 Å². The van der Waals surface area contributed by atoms with Gasteiger partial charge in [-0.05, 0) is 94.9 Å². The van der Waals surface area contributed by atoms with E-state index in [1.165, 1.54) is 34.0 Å². The van der Waals surface area contributed by atoms with Gasteiger partial charge in [0.15, 0.2) is 0 Å². The zero-order chi connectivity index (χ0) is 50.6. The van der Waals surface area contributed by atoms with E-state index >= 15 is 4.39 Å². The van der Waals surface area contributed by atoms with Crippen LogP contribution in [0.5, 0.6) is 5.75 Å². The first-order valence-electron chi connectivity index (χ1n) is 22.4. The second kappa shape index (κ2) is 25.8. The van der Waals surface area contributed by atoms with E-state index in [1.807, 2.05) is 55.5 Å². The molecule has 5 aromatic rings. The molecule has 21 nitrogen and oxygen atoms in total. The van der Waals surface area contributed by atoms with Crippen LogP contribution in [0.4, 0.5) is 25.0 Å². The SMILES string of the molecule is O=S(=O)([O-])O.[CH2-]CCC(OC(=O)CN(C)C)OC(=O)OC(C)[C@H](CC)n1ncn(-c2ccc(N3CCN(c4ccc(OC[C@@H]5CO[C@@](Cn6cncn6)(c6ccc(F)cc6F)C5)cc4)CC3)cc2)c1=O.[Na+]. The van der Waals surface area contributed by atoms with Crippen molar-refractivity contribution in [1.82, 2.24) is 34.0 Å². The van der Waals surface area contributed by atoms with Crippen LogP contribution < -0.4 is 49.8 Å². The van der Waals surface area contributed by atoms with Gasteiger partial charge in [0.25, 0.3) is 0 Å². The Morgan fingerprint density at radius 1 is 0.958 bits per heavy atom. The summed E-state index contributed by atoms with van der Waals surface area (Å²) in [6.45, 7) is 11.4. The number of anilines is 2. The first-order chi connectivity index (χ1) is 33.3. The van der Waals surface area contributed by atoms with Crippen molar-refractivity contribution in [3.05, 3.63) is 120 Å². The Hall–Kier alpha value is -5.47. The van der Waals surface area contributed by atoms with Crippen LogP contribution in [0.3, 0.4) is 0 Å². The number of hydrogen-bond donors (Lipinski definition) is 1. The van der Waals surface area contributed by atoms with Gasteiger partial charge in [-0.2, -0.15) is 16.6 Å². The molecular formula is C46H57F2N9NaO12S-. The number of benzene rings is 3. The zero-order valence-electron chi connectivity index (χ0n) is 40.2. The van der Waals surface area contributed by atoms with E-state index in [-0.39, 0.29) is 60.5 Å². The molecule has 0 bridgehead atoms. The fourth-order valence-corrected chi connectivity index (χ4v) is 8.34. The molecular weight excluding hydrogens is 964 g/mol. The van der Waals surface area contributed by atoms with Gasteiger partial charge >= 0.3 is 47.4 Å². The first kappa shape index (κ1) is 56.4. The molecule has 0 spiro atoms. The third-order valence-electron chi connectivity index (χ3n) is 11.6. The van der Waals surface area contributed by atoms with Gasteiger partial charge in [0.1, 0.15) is 48.1 Å². The van der Waals surface area contributed by atoms with E-state index in [4.69, 9.17) is 41.2 Å². The topological polar surface area (TPSA) is 238 Å². The van der Waals surface area contributed by atoms with E-state index < -0.39 is 63.9 Å². The predicted molar refractivity (Wildman–Crippen MR) is 248 cm³/mol. The van der Waals surface area contributed by atoms with E-state index in [1.54, 1.807) is 36.9 Å². The van der Waals surface area contributed by atoms with Crippen molar-refractivity contribution in [1.29, 1.82) is 0 Å². The quantitative estimate of drug-likeness (QED) is 0.0310. The van der Waals surface area contributed by atoms with Crippen LogP contribution in [0, 0.1) is 24.5 Å². The molecule has 1 N–H and O–H groups in total. The number of likely N-dealkylation sites (N-methyl/N-ethyl adjacent to an activating group) is 1. The number of hydrogen-bond acceptors (Lipinski definition) is 17. The fourth-order valence-electron chi connectivity index (χ4n) is 8.34. The van der Waals surface area contributed by atoms with Crippen LogP contribution in [0.15, 0.2) is 90.5 Å². The number of carbonyl (C=O) groups is 2. The number of esters is 1. The molecule has 7 rings (SSSR count). The van der Waals surface area contributed by atoms with E-state index in [2.05, 4.69) is 31.9 Å². The Kier molecular flexibility index (Phi) is 20.5. The van der Waals surface area contributed by atoms with Crippen LogP contribution in [0.25, 0.3) is 5.69 Å². The molecule has 380 valence electrons. The van der Waals surface area contributed by atoms with Gasteiger partial charge in [0.2, 0.25) is 16.7 Å². The minimum absolute atomic E-state index is 0. The summed E-state index contributed by atoms with van der Waals surface area (Å²) in [7, 11) is -1.48. The fraction of sp³-hybridized carbons (Fsp3) is 0.457. The Balaban J connectivity index is 0.00000149. The average Bonchev–Trinajstić information content (AvgIpc) is 4.07. The summed E-state index contributed by atoms with van der Waals surface area (Å²) in [5, 5.41) is 8.55. The van der Waals surface area contributed by atoms with Gasteiger partial charge in [-0.3, -0.25) is 14.2 Å². The monoisotopic (exact) mass is 1020 g/mol. The van der Waals surface area contributed by atoms with Crippen molar-refractivity contribution in [2.24, 2.45) is 5.92 Å². The summed E-state index contributed by atoms with van der Waals surface area (Å²) >= 11 is 0. The maximum absolute atomic E-state index is 15.0. The molecule has 25 heteroatoms. The zero-order valence-corrected chi connectivity index (χ0v) is 43.0. The van der Waals surface area contributed by atoms with Crippen LogP contribution in [0.1, 0.15) is 51.1 Å². The molecule has 0 saturated carbocycles. The second-order valence-electron chi connectivity index (χ2n) is 17.0. The van der Waals surface area contributed by atoms with Crippen LogP contribution >= 0.6 is 0 Å². The third kappa shape index (κ3) is 16.0. The first-order valence-corrected chi connectivity index (χ1v) is 23.8. The van der Waals surface area contributed by atoms with Crippen molar-refractivity contribution in [2.75, 3.05) is 69.8 Å².